The normalized spacial score (nSPS) is 23.5. The molecule has 2 heterocycles. The number of hydrogen-bond acceptors (Lipinski definition) is 8. The predicted molar refractivity (Wildman–Crippen MR) is 191 cm³/mol. The number of rotatable bonds is 11. The Morgan fingerprint density at radius 3 is 2.44 bits per heavy atom. The van der Waals surface area contributed by atoms with E-state index in [2.05, 4.69) is 34.0 Å². The fourth-order valence-electron chi connectivity index (χ4n) is 6.70. The first-order valence-corrected chi connectivity index (χ1v) is 18.3. The third-order valence-electron chi connectivity index (χ3n) is 9.20. The van der Waals surface area contributed by atoms with E-state index >= 15 is 0 Å². The number of carbonyl (C=O) groups is 3. The number of esters is 1. The summed E-state index contributed by atoms with van der Waals surface area (Å²) in [5.41, 5.74) is 0.728. The van der Waals surface area contributed by atoms with Crippen LogP contribution in [0.1, 0.15) is 105 Å². The number of nitriles is 1. The van der Waals surface area contributed by atoms with E-state index in [9.17, 15) is 24.8 Å². The van der Waals surface area contributed by atoms with Crippen molar-refractivity contribution in [3.05, 3.63) is 29.5 Å². The summed E-state index contributed by atoms with van der Waals surface area (Å²) in [4.78, 5) is 50.5. The monoisotopic (exact) mass is 775 g/mol. The van der Waals surface area contributed by atoms with Crippen LogP contribution in [-0.2, 0) is 20.7 Å². The highest BCUT2D eigenvalue weighted by molar-refractivity contribution is 14.1. The molecular formula is C36H50IN5O6. The molecule has 1 aliphatic carbocycles. The molecule has 2 aromatic rings. The number of nitrogens with zero attached hydrogens (tertiary/aromatic N) is 4. The van der Waals surface area contributed by atoms with Crippen LogP contribution in [0, 0.1) is 28.6 Å². The zero-order valence-electron chi connectivity index (χ0n) is 29.2. The number of likely N-dealkylation sites (tertiary alicyclic amines) is 1. The van der Waals surface area contributed by atoms with Gasteiger partial charge in [0.25, 0.3) is 0 Å². The second kappa shape index (κ2) is 15.6. The molecule has 0 bridgehead atoms. The van der Waals surface area contributed by atoms with Gasteiger partial charge in [0.2, 0.25) is 11.8 Å². The number of alkyl halides is 1. The van der Waals surface area contributed by atoms with E-state index < -0.39 is 53.1 Å². The summed E-state index contributed by atoms with van der Waals surface area (Å²) < 4.78 is 13.2. The number of hydrogen-bond donors (Lipinski definition) is 2. The Kier molecular flexibility index (Phi) is 12.2. The molecule has 11 nitrogen and oxygen atoms in total. The highest BCUT2D eigenvalue weighted by Crippen LogP contribution is 2.36. The number of unbranched alkanes of at least 4 members (excludes halogenated alkanes) is 2. The Morgan fingerprint density at radius 1 is 1.10 bits per heavy atom. The molecular weight excluding hydrogens is 725 g/mol. The van der Waals surface area contributed by atoms with E-state index in [-0.39, 0.29) is 6.54 Å². The van der Waals surface area contributed by atoms with Crippen LogP contribution in [-0.4, -0.2) is 72.2 Å². The molecule has 1 aliphatic heterocycles. The summed E-state index contributed by atoms with van der Waals surface area (Å²) >= 11 is 2.56. The van der Waals surface area contributed by atoms with Crippen LogP contribution in [0.4, 0.5) is 4.79 Å². The molecule has 0 spiro atoms. The molecule has 6 atom stereocenters. The van der Waals surface area contributed by atoms with E-state index in [0.29, 0.717) is 34.6 Å². The molecule has 262 valence electrons. The van der Waals surface area contributed by atoms with Crippen LogP contribution in [0.5, 0.6) is 5.88 Å². The largest absolute Gasteiger partial charge is 0.471 e. The number of fused-ring (bicyclic) bond motifs is 1. The SMILES string of the molecule is C[C@@H]1[C@@H](Oc2nc3cc(C#N)ccc3nc2CCCCC[C@H]2CC[C@H](I)C2)CN(C(=O)[C@@H](NC(=O)O)C(C)(C)C)[C@@H]1C(=O)OC(C)(C)C. The van der Waals surface area contributed by atoms with Crippen molar-refractivity contribution >= 4 is 51.6 Å². The number of halogens is 1. The van der Waals surface area contributed by atoms with E-state index in [1.54, 1.807) is 59.7 Å². The van der Waals surface area contributed by atoms with Gasteiger partial charge >= 0.3 is 12.1 Å². The van der Waals surface area contributed by atoms with Crippen LogP contribution < -0.4 is 10.1 Å². The Morgan fingerprint density at radius 2 is 1.83 bits per heavy atom. The Labute approximate surface area is 297 Å². The van der Waals surface area contributed by atoms with Crippen molar-refractivity contribution in [1.29, 1.82) is 5.26 Å². The molecule has 12 heteroatoms. The van der Waals surface area contributed by atoms with Crippen LogP contribution >= 0.6 is 22.6 Å². The molecule has 1 aromatic carbocycles. The molecule has 2 fully saturated rings. The molecule has 48 heavy (non-hydrogen) atoms. The average Bonchev–Trinajstić information content (AvgIpc) is 3.55. The van der Waals surface area contributed by atoms with Crippen molar-refractivity contribution in [3.8, 4) is 11.9 Å². The van der Waals surface area contributed by atoms with Gasteiger partial charge in [-0.25, -0.2) is 19.6 Å². The number of aromatic nitrogens is 2. The lowest BCUT2D eigenvalue weighted by Gasteiger charge is -2.35. The summed E-state index contributed by atoms with van der Waals surface area (Å²) in [7, 11) is 0. The predicted octanol–water partition coefficient (Wildman–Crippen LogP) is 6.83. The number of ether oxygens (including phenoxy) is 2. The summed E-state index contributed by atoms with van der Waals surface area (Å²) in [6.07, 6.45) is 6.96. The Hall–Kier alpha value is -3.21. The highest BCUT2D eigenvalue weighted by atomic mass is 127. The fourth-order valence-corrected chi connectivity index (χ4v) is 7.78. The molecule has 4 rings (SSSR count). The van der Waals surface area contributed by atoms with Crippen molar-refractivity contribution in [2.75, 3.05) is 6.54 Å². The third-order valence-corrected chi connectivity index (χ3v) is 10.3. The molecule has 2 aliphatic rings. The summed E-state index contributed by atoms with van der Waals surface area (Å²) in [6.45, 7) is 12.4. The van der Waals surface area contributed by atoms with Gasteiger partial charge < -0.3 is 24.8 Å². The first-order valence-electron chi connectivity index (χ1n) is 17.0. The molecule has 0 unspecified atom stereocenters. The number of nitrogens with one attached hydrogen (secondary N) is 1. The molecule has 1 saturated carbocycles. The lowest BCUT2D eigenvalue weighted by atomic mass is 9.85. The standard InChI is InChI=1S/C36H50IN5O6/c1-21-28(20-42(29(21)33(44)48-36(5,6)7)32(43)30(35(2,3)4)41-34(45)46)47-31-26(12-10-8-9-11-22-13-15-24(37)17-22)39-25-16-14-23(19-38)18-27(25)40-31/h14,16,18,21-22,24,28-30,41H,8-13,15,17,20H2,1-7H3,(H,45,46)/t21-,22+,24+,28+,29+,30-/m1/s1. The van der Waals surface area contributed by atoms with E-state index in [0.717, 1.165) is 29.1 Å². The second-order valence-corrected chi connectivity index (χ2v) is 17.2. The summed E-state index contributed by atoms with van der Waals surface area (Å²) in [6, 6.07) is 5.19. The lowest BCUT2D eigenvalue weighted by molar-refractivity contribution is -0.165. The maximum atomic E-state index is 14.1. The minimum absolute atomic E-state index is 0.0222. The maximum absolute atomic E-state index is 14.1. The van der Waals surface area contributed by atoms with Gasteiger partial charge in [0.05, 0.1) is 29.2 Å². The van der Waals surface area contributed by atoms with Crippen LogP contribution in [0.25, 0.3) is 11.0 Å². The van der Waals surface area contributed by atoms with Crippen molar-refractivity contribution in [1.82, 2.24) is 20.2 Å². The molecule has 1 saturated heterocycles. The van der Waals surface area contributed by atoms with Gasteiger partial charge in [-0.1, -0.05) is 69.5 Å². The van der Waals surface area contributed by atoms with E-state index in [1.165, 1.54) is 30.6 Å². The van der Waals surface area contributed by atoms with E-state index in [1.807, 2.05) is 6.92 Å². The van der Waals surface area contributed by atoms with Crippen LogP contribution in [0.2, 0.25) is 0 Å². The number of carbonyl (C=O) groups excluding carboxylic acids is 2. The first-order chi connectivity index (χ1) is 22.5. The van der Waals surface area contributed by atoms with Gasteiger partial charge in [-0.05, 0) is 82.4 Å². The first kappa shape index (κ1) is 37.6. The number of aryl methyl sites for hydroxylation is 1. The lowest BCUT2D eigenvalue weighted by Crippen LogP contribution is -2.57. The van der Waals surface area contributed by atoms with Crippen LogP contribution in [0.15, 0.2) is 18.2 Å². The zero-order valence-corrected chi connectivity index (χ0v) is 31.4. The van der Waals surface area contributed by atoms with Gasteiger partial charge in [0.1, 0.15) is 29.5 Å². The van der Waals surface area contributed by atoms with Crippen molar-refractivity contribution in [2.45, 2.75) is 128 Å². The second-order valence-electron chi connectivity index (χ2n) is 15.4. The van der Waals surface area contributed by atoms with Gasteiger partial charge in [-0.3, -0.25) is 4.79 Å². The highest BCUT2D eigenvalue weighted by Gasteiger charge is 2.51. The van der Waals surface area contributed by atoms with E-state index in [4.69, 9.17) is 19.4 Å². The van der Waals surface area contributed by atoms with Crippen LogP contribution in [0.3, 0.4) is 0 Å². The smallest absolute Gasteiger partial charge is 0.405 e. The number of amides is 2. The van der Waals surface area contributed by atoms with Crippen molar-refractivity contribution in [2.24, 2.45) is 17.3 Å². The summed E-state index contributed by atoms with van der Waals surface area (Å²) in [5.74, 6) is -0.503. The molecule has 1 aromatic heterocycles. The van der Waals surface area contributed by atoms with Gasteiger partial charge in [-0.2, -0.15) is 5.26 Å². The molecule has 0 radical (unpaired) electrons. The Bertz CT molecular complexity index is 1530. The van der Waals surface area contributed by atoms with Gasteiger partial charge in [0, 0.05) is 9.84 Å². The van der Waals surface area contributed by atoms with Gasteiger partial charge in [-0.15, -0.1) is 0 Å². The number of carboxylic acid groups (broad SMARTS) is 1. The third kappa shape index (κ3) is 9.70. The van der Waals surface area contributed by atoms with Crippen molar-refractivity contribution < 1.29 is 29.0 Å². The van der Waals surface area contributed by atoms with Crippen molar-refractivity contribution in [3.63, 3.8) is 0 Å². The Balaban J connectivity index is 1.62. The average molecular weight is 776 g/mol. The molecule has 2 amide bonds. The maximum Gasteiger partial charge on any atom is 0.405 e. The quantitative estimate of drug-likeness (QED) is 0.108. The van der Waals surface area contributed by atoms with Gasteiger partial charge in [0.15, 0.2) is 0 Å². The minimum atomic E-state index is -1.33. The topological polar surface area (TPSA) is 155 Å². The minimum Gasteiger partial charge on any atom is -0.471 e. The zero-order chi connectivity index (χ0) is 35.4. The molecule has 2 N–H and O–H groups in total. The number of benzene rings is 1. The summed E-state index contributed by atoms with van der Waals surface area (Å²) in [5, 5.41) is 21.4. The fraction of sp³-hybridized carbons (Fsp3) is 0.667.